The number of carbonyl (C=O) groups is 2. The summed E-state index contributed by atoms with van der Waals surface area (Å²) in [6.45, 7) is 3.94. The summed E-state index contributed by atoms with van der Waals surface area (Å²) < 4.78 is 0. The Balaban J connectivity index is 1.76. The quantitative estimate of drug-likeness (QED) is 0.597. The van der Waals surface area contributed by atoms with E-state index in [1.807, 2.05) is 13.8 Å². The topological polar surface area (TPSA) is 78.4 Å². The van der Waals surface area contributed by atoms with Crippen molar-refractivity contribution < 1.29 is 14.7 Å². The van der Waals surface area contributed by atoms with Crippen LogP contribution in [0.2, 0.25) is 0 Å². The molecule has 0 radical (unpaired) electrons. The SMILES string of the molecule is CC[C@H](C)[C@H](NCC(=O)NC(C1CC1)C1CC1)C(=O)O. The molecule has 2 rings (SSSR count). The lowest BCUT2D eigenvalue weighted by Crippen LogP contribution is -2.48. The lowest BCUT2D eigenvalue weighted by molar-refractivity contribution is -0.141. The first-order valence-corrected chi connectivity index (χ1v) is 7.78. The van der Waals surface area contributed by atoms with Crippen LogP contribution in [-0.2, 0) is 9.59 Å². The minimum atomic E-state index is -0.881. The largest absolute Gasteiger partial charge is 0.480 e. The van der Waals surface area contributed by atoms with Gasteiger partial charge in [0.2, 0.25) is 5.91 Å². The van der Waals surface area contributed by atoms with Crippen LogP contribution in [0.15, 0.2) is 0 Å². The summed E-state index contributed by atoms with van der Waals surface area (Å²) in [6.07, 6.45) is 5.66. The molecule has 0 aromatic rings. The molecule has 2 saturated carbocycles. The van der Waals surface area contributed by atoms with E-state index in [1.54, 1.807) is 0 Å². The summed E-state index contributed by atoms with van der Waals surface area (Å²) in [7, 11) is 0. The molecule has 0 aliphatic heterocycles. The van der Waals surface area contributed by atoms with Crippen molar-refractivity contribution in [3.05, 3.63) is 0 Å². The van der Waals surface area contributed by atoms with E-state index in [0.717, 1.165) is 6.42 Å². The van der Waals surface area contributed by atoms with Gasteiger partial charge in [0, 0.05) is 6.04 Å². The summed E-state index contributed by atoms with van der Waals surface area (Å²) in [5.74, 6) is 0.395. The van der Waals surface area contributed by atoms with E-state index in [0.29, 0.717) is 17.9 Å². The van der Waals surface area contributed by atoms with Gasteiger partial charge in [0.15, 0.2) is 0 Å². The summed E-state index contributed by atoms with van der Waals surface area (Å²) in [5.41, 5.74) is 0. The normalized spacial score (nSPS) is 21.6. The van der Waals surface area contributed by atoms with Crippen LogP contribution in [0.25, 0.3) is 0 Å². The maximum atomic E-state index is 12.0. The Kier molecular flexibility index (Phi) is 5.02. The number of rotatable bonds is 9. The van der Waals surface area contributed by atoms with Gasteiger partial charge in [-0.25, -0.2) is 0 Å². The summed E-state index contributed by atoms with van der Waals surface area (Å²) in [4.78, 5) is 23.2. The molecule has 0 aromatic carbocycles. The van der Waals surface area contributed by atoms with E-state index in [1.165, 1.54) is 25.7 Å². The summed E-state index contributed by atoms with van der Waals surface area (Å²) in [6, 6.07) is -0.317. The highest BCUT2D eigenvalue weighted by Crippen LogP contribution is 2.44. The van der Waals surface area contributed by atoms with Crippen molar-refractivity contribution in [3.63, 3.8) is 0 Å². The molecule has 2 aliphatic rings. The van der Waals surface area contributed by atoms with Gasteiger partial charge in [0.05, 0.1) is 6.54 Å². The average Bonchev–Trinajstić information content (AvgIpc) is 3.28. The molecule has 0 heterocycles. The predicted octanol–water partition coefficient (Wildman–Crippen LogP) is 1.38. The van der Waals surface area contributed by atoms with Gasteiger partial charge >= 0.3 is 5.97 Å². The first-order chi connectivity index (χ1) is 9.52. The predicted molar refractivity (Wildman–Crippen MR) is 76.3 cm³/mol. The minimum Gasteiger partial charge on any atom is -0.480 e. The molecule has 2 fully saturated rings. The van der Waals surface area contributed by atoms with Gasteiger partial charge in [-0.3, -0.25) is 14.9 Å². The molecule has 2 atom stereocenters. The van der Waals surface area contributed by atoms with Crippen molar-refractivity contribution in [2.75, 3.05) is 6.54 Å². The van der Waals surface area contributed by atoms with Gasteiger partial charge in [0.25, 0.3) is 0 Å². The van der Waals surface area contributed by atoms with E-state index in [4.69, 9.17) is 0 Å². The number of hydrogen-bond donors (Lipinski definition) is 3. The van der Waals surface area contributed by atoms with Crippen LogP contribution in [0, 0.1) is 17.8 Å². The molecule has 5 nitrogen and oxygen atoms in total. The molecule has 1 amide bonds. The molecule has 114 valence electrons. The highest BCUT2D eigenvalue weighted by molar-refractivity contribution is 5.80. The van der Waals surface area contributed by atoms with E-state index in [-0.39, 0.29) is 18.4 Å². The fourth-order valence-corrected chi connectivity index (χ4v) is 2.74. The minimum absolute atomic E-state index is 0.0166. The van der Waals surface area contributed by atoms with Crippen LogP contribution < -0.4 is 10.6 Å². The molecule has 20 heavy (non-hydrogen) atoms. The third kappa shape index (κ3) is 4.20. The molecule has 0 bridgehead atoms. The number of amides is 1. The average molecular weight is 282 g/mol. The number of nitrogens with one attached hydrogen (secondary N) is 2. The first-order valence-electron chi connectivity index (χ1n) is 7.78. The van der Waals surface area contributed by atoms with Crippen LogP contribution in [0.3, 0.4) is 0 Å². The van der Waals surface area contributed by atoms with Gasteiger partial charge in [-0.2, -0.15) is 0 Å². The summed E-state index contributed by atoms with van der Waals surface area (Å²) in [5, 5.41) is 15.2. The zero-order valence-corrected chi connectivity index (χ0v) is 12.4. The third-order valence-electron chi connectivity index (χ3n) is 4.55. The monoisotopic (exact) mass is 282 g/mol. The van der Waals surface area contributed by atoms with Gasteiger partial charge < -0.3 is 10.4 Å². The Labute approximate surface area is 120 Å². The van der Waals surface area contributed by atoms with Crippen LogP contribution >= 0.6 is 0 Å². The Morgan fingerprint density at radius 1 is 1.20 bits per heavy atom. The molecule has 5 heteroatoms. The highest BCUT2D eigenvalue weighted by atomic mass is 16.4. The lowest BCUT2D eigenvalue weighted by atomic mass is 9.99. The zero-order chi connectivity index (χ0) is 14.7. The van der Waals surface area contributed by atoms with Gasteiger partial charge in [-0.1, -0.05) is 20.3 Å². The maximum Gasteiger partial charge on any atom is 0.320 e. The lowest BCUT2D eigenvalue weighted by Gasteiger charge is -2.22. The second-order valence-corrected chi connectivity index (χ2v) is 6.35. The zero-order valence-electron chi connectivity index (χ0n) is 12.4. The molecule has 0 unspecified atom stereocenters. The third-order valence-corrected chi connectivity index (χ3v) is 4.55. The van der Waals surface area contributed by atoms with Crippen LogP contribution in [-0.4, -0.2) is 35.6 Å². The van der Waals surface area contributed by atoms with Crippen molar-refractivity contribution in [1.82, 2.24) is 10.6 Å². The maximum absolute atomic E-state index is 12.0. The molecule has 0 aromatic heterocycles. The molecular formula is C15H26N2O3. The summed E-state index contributed by atoms with van der Waals surface area (Å²) >= 11 is 0. The Bertz CT molecular complexity index is 352. The van der Waals surface area contributed by atoms with E-state index in [2.05, 4.69) is 10.6 Å². The Morgan fingerprint density at radius 3 is 2.15 bits per heavy atom. The van der Waals surface area contributed by atoms with Crippen molar-refractivity contribution in [2.45, 2.75) is 58.0 Å². The van der Waals surface area contributed by atoms with E-state index in [9.17, 15) is 14.7 Å². The van der Waals surface area contributed by atoms with Crippen molar-refractivity contribution in [2.24, 2.45) is 17.8 Å². The first kappa shape index (κ1) is 15.3. The number of carbonyl (C=O) groups excluding carboxylic acids is 1. The Morgan fingerprint density at radius 2 is 1.75 bits per heavy atom. The van der Waals surface area contributed by atoms with Gasteiger partial charge in [-0.05, 0) is 43.4 Å². The van der Waals surface area contributed by atoms with Crippen LogP contribution in [0.5, 0.6) is 0 Å². The fraction of sp³-hybridized carbons (Fsp3) is 0.867. The second-order valence-electron chi connectivity index (χ2n) is 6.35. The standard InChI is InChI=1S/C15H26N2O3/c1-3-9(2)13(15(19)20)16-8-12(18)17-14(10-4-5-10)11-6-7-11/h9-11,13-14,16H,3-8H2,1-2H3,(H,17,18)(H,19,20)/t9-,13-/m0/s1. The molecule has 3 N–H and O–H groups in total. The number of hydrogen-bond acceptors (Lipinski definition) is 3. The number of carboxylic acid groups (broad SMARTS) is 1. The molecule has 0 spiro atoms. The van der Waals surface area contributed by atoms with Gasteiger partial charge in [0.1, 0.15) is 6.04 Å². The number of aliphatic carboxylic acids is 1. The second kappa shape index (κ2) is 6.57. The van der Waals surface area contributed by atoms with Crippen molar-refractivity contribution in [1.29, 1.82) is 0 Å². The number of carboxylic acids is 1. The van der Waals surface area contributed by atoms with Crippen molar-refractivity contribution in [3.8, 4) is 0 Å². The smallest absolute Gasteiger partial charge is 0.320 e. The van der Waals surface area contributed by atoms with Crippen molar-refractivity contribution >= 4 is 11.9 Å². The van der Waals surface area contributed by atoms with E-state index < -0.39 is 12.0 Å². The molecule has 2 aliphatic carbocycles. The Hall–Kier alpha value is -1.10. The van der Waals surface area contributed by atoms with Gasteiger partial charge in [-0.15, -0.1) is 0 Å². The van der Waals surface area contributed by atoms with E-state index >= 15 is 0 Å². The molecule has 0 saturated heterocycles. The van der Waals surface area contributed by atoms with Crippen LogP contribution in [0.4, 0.5) is 0 Å². The van der Waals surface area contributed by atoms with Crippen LogP contribution in [0.1, 0.15) is 46.0 Å². The molecular weight excluding hydrogens is 256 g/mol. The fourth-order valence-electron chi connectivity index (χ4n) is 2.74. The highest BCUT2D eigenvalue weighted by Gasteiger charge is 2.42.